The summed E-state index contributed by atoms with van der Waals surface area (Å²) in [4.78, 5) is 0. The van der Waals surface area contributed by atoms with Crippen LogP contribution in [0.3, 0.4) is 0 Å². The first-order chi connectivity index (χ1) is 13.3. The summed E-state index contributed by atoms with van der Waals surface area (Å²) in [6, 6.07) is 19.0. The lowest BCUT2D eigenvalue weighted by Crippen LogP contribution is -1.85. The molecule has 0 unspecified atom stereocenters. The van der Waals surface area contributed by atoms with E-state index < -0.39 is 0 Å². The molecule has 0 saturated heterocycles. The molecular formula is C26H39Cl. The topological polar surface area (TPSA) is 0 Å². The Morgan fingerprint density at radius 2 is 0.963 bits per heavy atom. The van der Waals surface area contributed by atoms with Crippen molar-refractivity contribution in [2.45, 2.75) is 90.9 Å². The molecule has 2 rings (SSSR count). The maximum Gasteiger partial charge on any atom is 0.0406 e. The number of benzene rings is 2. The average molecular weight is 387 g/mol. The maximum absolute atomic E-state index is 5.81. The third-order valence-electron chi connectivity index (χ3n) is 4.89. The Morgan fingerprint density at radius 1 is 0.519 bits per heavy atom. The lowest BCUT2D eigenvalue weighted by atomic mass is 10.1. The van der Waals surface area contributed by atoms with Crippen molar-refractivity contribution in [3.8, 4) is 0 Å². The summed E-state index contributed by atoms with van der Waals surface area (Å²) < 4.78 is 0. The van der Waals surface area contributed by atoms with Crippen LogP contribution >= 0.6 is 11.6 Å². The Kier molecular flexibility index (Phi) is 14.9. The number of unbranched alkanes of at least 4 members (excludes halogenated alkanes) is 8. The minimum Gasteiger partial charge on any atom is -0.0843 e. The van der Waals surface area contributed by atoms with Crippen molar-refractivity contribution in [3.05, 3.63) is 70.7 Å². The molecule has 1 heteroatoms. The number of hydrogen-bond acceptors (Lipinski definition) is 0. The first kappa shape index (κ1) is 23.8. The van der Waals surface area contributed by atoms with Crippen LogP contribution in [-0.4, -0.2) is 0 Å². The van der Waals surface area contributed by atoms with Crippen LogP contribution in [0.2, 0.25) is 5.02 Å². The number of aryl methyl sites for hydroxylation is 2. The van der Waals surface area contributed by atoms with Gasteiger partial charge in [-0.15, -0.1) is 0 Å². The van der Waals surface area contributed by atoms with Gasteiger partial charge in [0.15, 0.2) is 0 Å². The lowest BCUT2D eigenvalue weighted by molar-refractivity contribution is 0.632. The second kappa shape index (κ2) is 16.9. The second-order valence-electron chi connectivity index (χ2n) is 7.44. The minimum atomic E-state index is 0.833. The quantitative estimate of drug-likeness (QED) is 0.319. The third kappa shape index (κ3) is 13.5. The molecule has 0 bridgehead atoms. The Bertz CT molecular complexity index is 544. The van der Waals surface area contributed by atoms with Gasteiger partial charge in [0.25, 0.3) is 0 Å². The Labute approximate surface area is 173 Å². The predicted octanol–water partition coefficient (Wildman–Crippen LogP) is 9.05. The van der Waals surface area contributed by atoms with Gasteiger partial charge in [0, 0.05) is 5.02 Å². The van der Waals surface area contributed by atoms with Crippen molar-refractivity contribution >= 4 is 11.6 Å². The molecule has 27 heavy (non-hydrogen) atoms. The van der Waals surface area contributed by atoms with Gasteiger partial charge in [-0.1, -0.05) is 119 Å². The van der Waals surface area contributed by atoms with E-state index in [-0.39, 0.29) is 0 Å². The van der Waals surface area contributed by atoms with Gasteiger partial charge in [-0.2, -0.15) is 0 Å². The smallest absolute Gasteiger partial charge is 0.0406 e. The largest absolute Gasteiger partial charge is 0.0843 e. The van der Waals surface area contributed by atoms with Gasteiger partial charge in [0.05, 0.1) is 0 Å². The Morgan fingerprint density at radius 3 is 1.44 bits per heavy atom. The highest BCUT2D eigenvalue weighted by molar-refractivity contribution is 6.30. The molecule has 0 aliphatic rings. The van der Waals surface area contributed by atoms with Gasteiger partial charge in [0.1, 0.15) is 0 Å². The van der Waals surface area contributed by atoms with Crippen LogP contribution in [0.4, 0.5) is 0 Å². The zero-order chi connectivity index (χ0) is 19.6. The molecule has 0 saturated carbocycles. The van der Waals surface area contributed by atoms with Crippen molar-refractivity contribution in [1.29, 1.82) is 0 Å². The molecule has 0 amide bonds. The summed E-state index contributed by atoms with van der Waals surface area (Å²) in [5.74, 6) is 0. The molecule has 0 heterocycles. The first-order valence-corrected chi connectivity index (χ1v) is 11.4. The van der Waals surface area contributed by atoms with Gasteiger partial charge in [-0.05, 0) is 48.9 Å². The lowest BCUT2D eigenvalue weighted by Gasteiger charge is -2.01. The Balaban J connectivity index is 0.000000271. The second-order valence-corrected chi connectivity index (χ2v) is 7.88. The van der Waals surface area contributed by atoms with Crippen LogP contribution in [0.1, 0.15) is 89.2 Å². The zero-order valence-electron chi connectivity index (χ0n) is 17.6. The summed E-state index contributed by atoms with van der Waals surface area (Å²) in [7, 11) is 0. The van der Waals surface area contributed by atoms with E-state index in [2.05, 4.69) is 56.3 Å². The number of halogens is 1. The van der Waals surface area contributed by atoms with E-state index in [4.69, 9.17) is 11.6 Å². The predicted molar refractivity (Wildman–Crippen MR) is 123 cm³/mol. The van der Waals surface area contributed by atoms with E-state index in [1.807, 2.05) is 12.1 Å². The molecule has 0 aromatic heterocycles. The molecule has 0 aliphatic heterocycles. The van der Waals surface area contributed by atoms with Crippen molar-refractivity contribution in [3.63, 3.8) is 0 Å². The molecule has 0 aliphatic carbocycles. The molecule has 0 spiro atoms. The summed E-state index contributed by atoms with van der Waals surface area (Å²) in [6.45, 7) is 4.51. The van der Waals surface area contributed by atoms with Gasteiger partial charge < -0.3 is 0 Å². The first-order valence-electron chi connectivity index (χ1n) is 11.0. The number of rotatable bonds is 12. The third-order valence-corrected chi connectivity index (χ3v) is 5.15. The van der Waals surface area contributed by atoms with E-state index in [9.17, 15) is 0 Å². The summed E-state index contributed by atoms with van der Waals surface area (Å²) >= 11 is 5.81. The van der Waals surface area contributed by atoms with Crippen LogP contribution in [0.15, 0.2) is 54.6 Å². The standard InChI is InChI=1S/C13H19Cl.C13H20/c1-2-3-4-5-6-7-12-8-10-13(14)11-9-12;1-2-3-4-5-7-10-13-11-8-6-9-12-13/h8-11H,2-7H2,1H3;6,8-9,11-12H,2-5,7,10H2,1H3. The number of hydrogen-bond donors (Lipinski definition) is 0. The average Bonchev–Trinajstić information content (AvgIpc) is 2.70. The fourth-order valence-electron chi connectivity index (χ4n) is 3.16. The van der Waals surface area contributed by atoms with Crippen LogP contribution in [0.5, 0.6) is 0 Å². The molecule has 2 aromatic rings. The minimum absolute atomic E-state index is 0.833. The summed E-state index contributed by atoms with van der Waals surface area (Å²) in [5, 5.41) is 0.833. The fourth-order valence-corrected chi connectivity index (χ4v) is 3.29. The van der Waals surface area contributed by atoms with E-state index in [1.165, 1.54) is 88.2 Å². The molecule has 0 N–H and O–H groups in total. The van der Waals surface area contributed by atoms with Crippen LogP contribution in [0.25, 0.3) is 0 Å². The molecule has 150 valence electrons. The van der Waals surface area contributed by atoms with Gasteiger partial charge in [-0.25, -0.2) is 0 Å². The van der Waals surface area contributed by atoms with Crippen molar-refractivity contribution in [1.82, 2.24) is 0 Å². The van der Waals surface area contributed by atoms with Gasteiger partial charge in [-0.3, -0.25) is 0 Å². The SMILES string of the molecule is CCCCCCCc1ccc(Cl)cc1.CCCCCCCc1ccccc1. The molecule has 0 nitrogen and oxygen atoms in total. The van der Waals surface area contributed by atoms with Crippen molar-refractivity contribution < 1.29 is 0 Å². The summed E-state index contributed by atoms with van der Waals surface area (Å²) in [6.07, 6.45) is 16.1. The van der Waals surface area contributed by atoms with Gasteiger partial charge >= 0.3 is 0 Å². The van der Waals surface area contributed by atoms with E-state index in [0.29, 0.717) is 0 Å². The Hall–Kier alpha value is -1.27. The van der Waals surface area contributed by atoms with Crippen LogP contribution < -0.4 is 0 Å². The molecular weight excluding hydrogens is 348 g/mol. The molecule has 0 radical (unpaired) electrons. The molecule has 0 atom stereocenters. The highest BCUT2D eigenvalue weighted by Gasteiger charge is 1.94. The normalized spacial score (nSPS) is 10.3. The molecule has 0 fully saturated rings. The van der Waals surface area contributed by atoms with Gasteiger partial charge in [0.2, 0.25) is 0 Å². The van der Waals surface area contributed by atoms with E-state index >= 15 is 0 Å². The van der Waals surface area contributed by atoms with Crippen LogP contribution in [-0.2, 0) is 12.8 Å². The highest BCUT2D eigenvalue weighted by atomic mass is 35.5. The van der Waals surface area contributed by atoms with Crippen molar-refractivity contribution in [2.75, 3.05) is 0 Å². The van der Waals surface area contributed by atoms with E-state index in [0.717, 1.165) is 5.02 Å². The van der Waals surface area contributed by atoms with E-state index in [1.54, 1.807) is 0 Å². The maximum atomic E-state index is 5.81. The monoisotopic (exact) mass is 386 g/mol. The van der Waals surface area contributed by atoms with Crippen molar-refractivity contribution in [2.24, 2.45) is 0 Å². The fraction of sp³-hybridized carbons (Fsp3) is 0.538. The summed E-state index contributed by atoms with van der Waals surface area (Å²) in [5.41, 5.74) is 2.89. The molecule has 2 aromatic carbocycles. The van der Waals surface area contributed by atoms with Crippen LogP contribution in [0, 0.1) is 0 Å². The zero-order valence-corrected chi connectivity index (χ0v) is 18.3. The highest BCUT2D eigenvalue weighted by Crippen LogP contribution is 2.13.